The lowest BCUT2D eigenvalue weighted by Crippen LogP contribution is -2.01. The van der Waals surface area contributed by atoms with Gasteiger partial charge in [0.2, 0.25) is 0 Å². The van der Waals surface area contributed by atoms with E-state index in [1.54, 1.807) is 31.5 Å². The second-order valence-electron chi connectivity index (χ2n) is 5.84. The fraction of sp³-hybridized carbons (Fsp3) is 0.111. The fourth-order valence-electron chi connectivity index (χ4n) is 3.00. The van der Waals surface area contributed by atoms with E-state index in [1.807, 2.05) is 22.7 Å². The van der Waals surface area contributed by atoms with E-state index in [2.05, 4.69) is 10.1 Å². The molecule has 5 nitrogen and oxygen atoms in total. The van der Waals surface area contributed by atoms with Crippen molar-refractivity contribution in [3.8, 4) is 22.4 Å². The molecule has 1 aromatic carbocycles. The molecule has 1 atom stereocenters. The fourth-order valence-corrected chi connectivity index (χ4v) is 3.43. The van der Waals surface area contributed by atoms with Crippen LogP contribution < -0.4 is 0 Å². The zero-order valence-corrected chi connectivity index (χ0v) is 14.5. The van der Waals surface area contributed by atoms with Gasteiger partial charge in [0.1, 0.15) is 17.2 Å². The molecule has 0 radical (unpaired) electrons. The zero-order valence-electron chi connectivity index (χ0n) is 13.7. The minimum Gasteiger partial charge on any atom is -0.387 e. The van der Waals surface area contributed by atoms with Gasteiger partial charge in [0.05, 0.1) is 11.8 Å². The number of imidazole rings is 1. The summed E-state index contributed by atoms with van der Waals surface area (Å²) in [5.74, 6) is -0.370. The van der Waals surface area contributed by atoms with Crippen LogP contribution in [0.4, 0.5) is 8.28 Å². The van der Waals surface area contributed by atoms with Gasteiger partial charge in [-0.1, -0.05) is 0 Å². The molecular weight excluding hydrogens is 358 g/mol. The van der Waals surface area contributed by atoms with E-state index in [4.69, 9.17) is 0 Å². The molecule has 0 saturated carbocycles. The number of nitrogens with zero attached hydrogens (tertiary/aromatic N) is 4. The average molecular weight is 372 g/mol. The number of hydrogen-bond donors (Lipinski definition) is 1. The Morgan fingerprint density at radius 2 is 1.85 bits per heavy atom. The molecule has 0 aliphatic heterocycles. The summed E-state index contributed by atoms with van der Waals surface area (Å²) in [4.78, 5) is 4.21. The summed E-state index contributed by atoms with van der Waals surface area (Å²) in [5, 5.41) is 14.5. The van der Waals surface area contributed by atoms with E-state index in [0.717, 1.165) is 15.3 Å². The number of aliphatic hydroxyl groups is 1. The van der Waals surface area contributed by atoms with E-state index >= 15 is 0 Å². The minimum absolute atomic E-state index is 0.0911. The van der Waals surface area contributed by atoms with Gasteiger partial charge in [-0.2, -0.15) is 9.19 Å². The number of fused-ring (bicyclic) bond motifs is 1. The molecular formula is C18H14F2N4OS. The maximum atomic E-state index is 13.5. The van der Waals surface area contributed by atoms with Gasteiger partial charge in [0.25, 0.3) is 0 Å². The van der Waals surface area contributed by atoms with Crippen molar-refractivity contribution >= 4 is 18.0 Å². The molecule has 3 heterocycles. The maximum absolute atomic E-state index is 13.5. The van der Waals surface area contributed by atoms with Gasteiger partial charge in [-0.3, -0.25) is 0 Å². The third-order valence-electron chi connectivity index (χ3n) is 4.15. The molecule has 1 unspecified atom stereocenters. The summed E-state index contributed by atoms with van der Waals surface area (Å²) < 4.78 is 29.7. The van der Waals surface area contributed by atoms with Crippen LogP contribution in [-0.4, -0.2) is 23.7 Å². The molecule has 26 heavy (non-hydrogen) atoms. The van der Waals surface area contributed by atoms with Crippen LogP contribution >= 0.6 is 12.3 Å². The summed E-state index contributed by atoms with van der Waals surface area (Å²) in [6.45, 7) is 1.55. The van der Waals surface area contributed by atoms with Crippen LogP contribution in [-0.2, 0) is 0 Å². The van der Waals surface area contributed by atoms with Gasteiger partial charge in [-0.15, -0.1) is 3.89 Å². The highest BCUT2D eigenvalue weighted by molar-refractivity contribution is 7.92. The first-order chi connectivity index (χ1) is 12.6. The lowest BCUT2D eigenvalue weighted by atomic mass is 9.98. The predicted octanol–water partition coefficient (Wildman–Crippen LogP) is 4.44. The van der Waals surface area contributed by atoms with Crippen molar-refractivity contribution < 1.29 is 13.4 Å². The molecule has 0 aliphatic carbocycles. The van der Waals surface area contributed by atoms with Crippen molar-refractivity contribution in [2.24, 2.45) is 0 Å². The number of halogens is 2. The minimum atomic E-state index is -0.951. The Labute approximate surface area is 152 Å². The SMILES string of the molecule is CC(O)c1c(-c2ccc3nccn3c2)c(-c2ccc(F)cc2)nn1SF. The van der Waals surface area contributed by atoms with Crippen LogP contribution in [0, 0.1) is 5.82 Å². The predicted molar refractivity (Wildman–Crippen MR) is 96.5 cm³/mol. The lowest BCUT2D eigenvalue weighted by Gasteiger charge is -2.10. The molecule has 8 heteroatoms. The monoisotopic (exact) mass is 372 g/mol. The normalized spacial score (nSPS) is 12.6. The van der Waals surface area contributed by atoms with Crippen molar-refractivity contribution in [1.82, 2.24) is 18.6 Å². The van der Waals surface area contributed by atoms with Gasteiger partial charge >= 0.3 is 0 Å². The Hall–Kier alpha value is -2.71. The molecule has 0 saturated heterocycles. The summed E-state index contributed by atoms with van der Waals surface area (Å²) in [5.41, 5.74) is 3.52. The molecule has 0 amide bonds. The highest BCUT2D eigenvalue weighted by atomic mass is 32.2. The topological polar surface area (TPSA) is 55.4 Å². The molecule has 3 aromatic heterocycles. The first-order valence-corrected chi connectivity index (χ1v) is 8.55. The number of hydrogen-bond acceptors (Lipinski definition) is 4. The quantitative estimate of drug-likeness (QED) is 0.575. The van der Waals surface area contributed by atoms with Gasteiger partial charge < -0.3 is 9.51 Å². The molecule has 4 aromatic rings. The number of aliphatic hydroxyl groups excluding tert-OH is 1. The Morgan fingerprint density at radius 1 is 1.12 bits per heavy atom. The highest BCUT2D eigenvalue weighted by Crippen LogP contribution is 2.39. The van der Waals surface area contributed by atoms with E-state index < -0.39 is 6.10 Å². The third-order valence-corrected chi connectivity index (χ3v) is 4.56. The smallest absolute Gasteiger partial charge is 0.187 e. The maximum Gasteiger partial charge on any atom is 0.187 e. The summed E-state index contributed by atoms with van der Waals surface area (Å²) in [6.07, 6.45) is 4.36. The first-order valence-electron chi connectivity index (χ1n) is 7.87. The largest absolute Gasteiger partial charge is 0.387 e. The van der Waals surface area contributed by atoms with Crippen LogP contribution in [0.15, 0.2) is 55.0 Å². The molecule has 0 spiro atoms. The molecule has 132 valence electrons. The Morgan fingerprint density at radius 3 is 2.54 bits per heavy atom. The Balaban J connectivity index is 2.00. The number of benzene rings is 1. The van der Waals surface area contributed by atoms with Crippen LogP contribution in [0.5, 0.6) is 0 Å². The van der Waals surface area contributed by atoms with Crippen molar-refractivity contribution in [3.05, 3.63) is 66.5 Å². The summed E-state index contributed by atoms with van der Waals surface area (Å²) in [6, 6.07) is 9.47. The third kappa shape index (κ3) is 2.77. The van der Waals surface area contributed by atoms with Gasteiger partial charge in [0.15, 0.2) is 12.3 Å². The van der Waals surface area contributed by atoms with Crippen LogP contribution in [0.3, 0.4) is 0 Å². The van der Waals surface area contributed by atoms with Crippen LogP contribution in [0.2, 0.25) is 0 Å². The average Bonchev–Trinajstić information content (AvgIpc) is 3.25. The molecule has 0 aliphatic rings. The number of aromatic nitrogens is 4. The Kier molecular flexibility index (Phi) is 4.21. The number of pyridine rings is 1. The second-order valence-corrected chi connectivity index (χ2v) is 6.33. The zero-order chi connectivity index (χ0) is 18.3. The van der Waals surface area contributed by atoms with Crippen molar-refractivity contribution in [1.29, 1.82) is 0 Å². The van der Waals surface area contributed by atoms with Crippen LogP contribution in [0.25, 0.3) is 28.0 Å². The standard InChI is InChI=1S/C18H14F2N4OS/c1-11(25)18-16(13-4-7-15-21-8-9-23(15)10-13)17(22-24(18)26-20)12-2-5-14(19)6-3-12/h2-11,25H,1H3. The highest BCUT2D eigenvalue weighted by Gasteiger charge is 2.24. The van der Waals surface area contributed by atoms with E-state index in [-0.39, 0.29) is 18.2 Å². The molecule has 1 N–H and O–H groups in total. The van der Waals surface area contributed by atoms with Gasteiger partial charge in [0, 0.05) is 35.3 Å². The lowest BCUT2D eigenvalue weighted by molar-refractivity contribution is 0.193. The van der Waals surface area contributed by atoms with E-state index in [1.165, 1.54) is 12.1 Å². The van der Waals surface area contributed by atoms with E-state index in [0.29, 0.717) is 22.5 Å². The van der Waals surface area contributed by atoms with Crippen molar-refractivity contribution in [2.75, 3.05) is 0 Å². The Bertz CT molecular complexity index is 1070. The number of rotatable bonds is 4. The van der Waals surface area contributed by atoms with Gasteiger partial charge in [-0.25, -0.2) is 9.37 Å². The van der Waals surface area contributed by atoms with Crippen LogP contribution in [0.1, 0.15) is 18.7 Å². The van der Waals surface area contributed by atoms with E-state index in [9.17, 15) is 13.4 Å². The first kappa shape index (κ1) is 16.7. The summed E-state index contributed by atoms with van der Waals surface area (Å²) >= 11 is -0.0911. The molecule has 0 fully saturated rings. The summed E-state index contributed by atoms with van der Waals surface area (Å²) in [7, 11) is 0. The van der Waals surface area contributed by atoms with Crippen molar-refractivity contribution in [3.63, 3.8) is 0 Å². The molecule has 4 rings (SSSR count). The van der Waals surface area contributed by atoms with Crippen molar-refractivity contribution in [2.45, 2.75) is 13.0 Å². The molecule has 0 bridgehead atoms. The second kappa shape index (κ2) is 6.54. The van der Waals surface area contributed by atoms with Gasteiger partial charge in [-0.05, 0) is 43.3 Å².